The van der Waals surface area contributed by atoms with E-state index in [0.717, 1.165) is 17.3 Å². The maximum Gasteiger partial charge on any atom is 0.262 e. The minimum Gasteiger partial charge on any atom is -0.430 e. The number of benzene rings is 1. The lowest BCUT2D eigenvalue weighted by Crippen LogP contribution is -2.63. The molecule has 2 atom stereocenters. The molecule has 0 bridgehead atoms. The number of aromatic nitrogens is 2. The van der Waals surface area contributed by atoms with Gasteiger partial charge < -0.3 is 4.42 Å². The molecule has 7 nitrogen and oxygen atoms in total. The normalized spacial score (nSPS) is 19.4. The monoisotopic (exact) mass is 388 g/mol. The lowest BCUT2D eigenvalue weighted by Gasteiger charge is -2.43. The maximum atomic E-state index is 12.2. The number of hydrogen-bond acceptors (Lipinski definition) is 6. The lowest BCUT2D eigenvalue weighted by atomic mass is 9.95. The molecule has 26 heavy (non-hydrogen) atoms. The van der Waals surface area contributed by atoms with Crippen molar-refractivity contribution in [3.05, 3.63) is 54.2 Å². The Morgan fingerprint density at radius 1 is 1.27 bits per heavy atom. The van der Waals surface area contributed by atoms with Crippen LogP contribution in [0.15, 0.2) is 58.3 Å². The summed E-state index contributed by atoms with van der Waals surface area (Å²) in [5.74, 6) is -0.626. The molecule has 1 aliphatic heterocycles. The highest BCUT2D eigenvalue weighted by molar-refractivity contribution is 7.99. The minimum atomic E-state index is -0.687. The second-order valence-corrected chi connectivity index (χ2v) is 6.99. The lowest BCUT2D eigenvalue weighted by molar-refractivity contribution is -0.155. The Morgan fingerprint density at radius 3 is 2.85 bits per heavy atom. The second kappa shape index (κ2) is 6.97. The van der Waals surface area contributed by atoms with Gasteiger partial charge in [-0.2, -0.15) is 4.98 Å². The zero-order chi connectivity index (χ0) is 18.1. The highest BCUT2D eigenvalue weighted by Gasteiger charge is 2.48. The summed E-state index contributed by atoms with van der Waals surface area (Å²) in [6, 6.07) is 12.4. The summed E-state index contributed by atoms with van der Waals surface area (Å²) in [6.07, 6.45) is 1.62. The molecule has 2 amide bonds. The van der Waals surface area contributed by atoms with E-state index in [4.69, 9.17) is 16.0 Å². The summed E-state index contributed by atoms with van der Waals surface area (Å²) in [5.41, 5.74) is 4.52. The molecule has 1 N–H and O–H groups in total. The number of β-lactam (4-membered cyclic amide) rings is 1. The van der Waals surface area contributed by atoms with E-state index in [-0.39, 0.29) is 23.6 Å². The molecular formula is C17H13ClN4O3S. The third-order valence-electron chi connectivity index (χ3n) is 3.89. The van der Waals surface area contributed by atoms with E-state index < -0.39 is 5.38 Å². The number of hydrazine groups is 1. The Morgan fingerprint density at radius 2 is 2.08 bits per heavy atom. The first-order chi connectivity index (χ1) is 12.6. The number of thioether (sulfide) groups is 1. The molecule has 0 radical (unpaired) electrons. The fourth-order valence-corrected chi connectivity index (χ4v) is 3.63. The van der Waals surface area contributed by atoms with Crippen LogP contribution in [0.1, 0.15) is 11.6 Å². The zero-order valence-corrected chi connectivity index (χ0v) is 14.9. The van der Waals surface area contributed by atoms with Gasteiger partial charge in [0, 0.05) is 6.20 Å². The smallest absolute Gasteiger partial charge is 0.262 e. The van der Waals surface area contributed by atoms with Crippen molar-refractivity contribution in [2.45, 2.75) is 16.6 Å². The number of amides is 2. The van der Waals surface area contributed by atoms with Gasteiger partial charge in [-0.1, -0.05) is 42.1 Å². The van der Waals surface area contributed by atoms with E-state index in [1.165, 1.54) is 5.01 Å². The SMILES string of the molecule is O=C(CSc1nc2ncccc2o1)NN1C(=O)C(Cl)C1c1ccccc1. The predicted molar refractivity (Wildman–Crippen MR) is 96.3 cm³/mol. The molecule has 2 aromatic heterocycles. The molecule has 1 aromatic carbocycles. The topological polar surface area (TPSA) is 88.3 Å². The van der Waals surface area contributed by atoms with Crippen LogP contribution in [0.25, 0.3) is 11.2 Å². The third kappa shape index (κ3) is 3.13. The van der Waals surface area contributed by atoms with Gasteiger partial charge in [0.15, 0.2) is 11.2 Å². The van der Waals surface area contributed by atoms with Gasteiger partial charge in [0.25, 0.3) is 11.1 Å². The summed E-state index contributed by atoms with van der Waals surface area (Å²) in [6.45, 7) is 0. The van der Waals surface area contributed by atoms with Gasteiger partial charge in [-0.05, 0) is 17.7 Å². The Bertz CT molecular complexity index is 932. The van der Waals surface area contributed by atoms with Crippen LogP contribution < -0.4 is 5.43 Å². The van der Waals surface area contributed by atoms with Crippen molar-refractivity contribution in [3.8, 4) is 0 Å². The second-order valence-electron chi connectivity index (χ2n) is 5.59. The number of carbonyl (C=O) groups excluding carboxylic acids is 2. The number of fused-ring (bicyclic) bond motifs is 1. The Balaban J connectivity index is 1.38. The number of nitrogens with zero attached hydrogens (tertiary/aromatic N) is 3. The van der Waals surface area contributed by atoms with Crippen molar-refractivity contribution in [2.24, 2.45) is 0 Å². The van der Waals surface area contributed by atoms with Gasteiger partial charge in [-0.15, -0.1) is 11.6 Å². The van der Waals surface area contributed by atoms with Gasteiger partial charge in [-0.25, -0.2) is 9.99 Å². The number of rotatable bonds is 5. The van der Waals surface area contributed by atoms with Crippen LogP contribution in [0.3, 0.4) is 0 Å². The molecule has 9 heteroatoms. The standard InChI is InChI=1S/C17H13ClN4O3S/c18-13-14(10-5-2-1-3-6-10)22(16(13)24)21-12(23)9-26-17-20-15-11(25-17)7-4-8-19-15/h1-8,13-14H,9H2,(H,21,23). The van der Waals surface area contributed by atoms with E-state index in [0.29, 0.717) is 16.5 Å². The van der Waals surface area contributed by atoms with Crippen molar-refractivity contribution in [1.82, 2.24) is 20.4 Å². The molecule has 1 aliphatic rings. The highest BCUT2D eigenvalue weighted by Crippen LogP contribution is 2.36. The van der Waals surface area contributed by atoms with Gasteiger partial charge in [0.1, 0.15) is 11.4 Å². The number of alkyl halides is 1. The molecule has 1 fully saturated rings. The molecule has 3 heterocycles. The van der Waals surface area contributed by atoms with Gasteiger partial charge >= 0.3 is 0 Å². The molecule has 0 spiro atoms. The fourth-order valence-electron chi connectivity index (χ4n) is 2.65. The van der Waals surface area contributed by atoms with Crippen molar-refractivity contribution in [1.29, 1.82) is 0 Å². The van der Waals surface area contributed by atoms with Crippen LogP contribution in [0.4, 0.5) is 0 Å². The average molecular weight is 389 g/mol. The number of carbonyl (C=O) groups is 2. The summed E-state index contributed by atoms with van der Waals surface area (Å²) < 4.78 is 5.50. The molecule has 2 unspecified atom stereocenters. The molecule has 0 saturated carbocycles. The number of halogens is 1. The van der Waals surface area contributed by atoms with Gasteiger partial charge in [0.05, 0.1) is 5.75 Å². The minimum absolute atomic E-state index is 0.0467. The molecule has 0 aliphatic carbocycles. The van der Waals surface area contributed by atoms with Crippen molar-refractivity contribution in [3.63, 3.8) is 0 Å². The quantitative estimate of drug-likeness (QED) is 0.410. The highest BCUT2D eigenvalue weighted by atomic mass is 35.5. The Kier molecular flexibility index (Phi) is 4.52. The van der Waals surface area contributed by atoms with Crippen LogP contribution in [0.2, 0.25) is 0 Å². The van der Waals surface area contributed by atoms with Gasteiger partial charge in [0.2, 0.25) is 5.91 Å². The number of nitrogens with one attached hydrogen (secondary N) is 1. The first-order valence-electron chi connectivity index (χ1n) is 7.79. The van der Waals surface area contributed by atoms with Crippen molar-refractivity contribution >= 4 is 46.4 Å². The Labute approximate surface area is 157 Å². The zero-order valence-electron chi connectivity index (χ0n) is 13.3. The van der Waals surface area contributed by atoms with Crippen LogP contribution in [-0.4, -0.2) is 37.9 Å². The molecule has 4 rings (SSSR count). The number of oxazole rings is 1. The van der Waals surface area contributed by atoms with E-state index >= 15 is 0 Å². The van der Waals surface area contributed by atoms with Gasteiger partial charge in [-0.3, -0.25) is 15.0 Å². The van der Waals surface area contributed by atoms with Crippen molar-refractivity contribution < 1.29 is 14.0 Å². The number of pyridine rings is 1. The third-order valence-corrected chi connectivity index (χ3v) is 5.14. The van der Waals surface area contributed by atoms with Crippen LogP contribution in [-0.2, 0) is 9.59 Å². The number of hydrogen-bond donors (Lipinski definition) is 1. The molecular weight excluding hydrogens is 376 g/mol. The van der Waals surface area contributed by atoms with E-state index in [1.807, 2.05) is 30.3 Å². The summed E-state index contributed by atoms with van der Waals surface area (Å²) in [5, 5.41) is 0.927. The van der Waals surface area contributed by atoms with Crippen LogP contribution >= 0.6 is 23.4 Å². The first-order valence-corrected chi connectivity index (χ1v) is 9.21. The van der Waals surface area contributed by atoms with Crippen molar-refractivity contribution in [2.75, 3.05) is 5.75 Å². The summed E-state index contributed by atoms with van der Waals surface area (Å²) in [7, 11) is 0. The molecule has 1 saturated heterocycles. The average Bonchev–Trinajstić information content (AvgIpc) is 3.09. The van der Waals surface area contributed by atoms with E-state index in [9.17, 15) is 9.59 Å². The van der Waals surface area contributed by atoms with Crippen LogP contribution in [0.5, 0.6) is 0 Å². The molecule has 3 aromatic rings. The summed E-state index contributed by atoms with van der Waals surface area (Å²) >= 11 is 7.25. The van der Waals surface area contributed by atoms with E-state index in [1.54, 1.807) is 18.3 Å². The van der Waals surface area contributed by atoms with Crippen LogP contribution in [0, 0.1) is 0 Å². The van der Waals surface area contributed by atoms with E-state index in [2.05, 4.69) is 15.4 Å². The fraction of sp³-hybridized carbons (Fsp3) is 0.176. The maximum absolute atomic E-state index is 12.2. The molecule has 132 valence electrons. The Hall–Kier alpha value is -2.58. The predicted octanol–water partition coefficient (Wildman–Crippen LogP) is 2.54. The first kappa shape index (κ1) is 16.9. The largest absolute Gasteiger partial charge is 0.430 e. The summed E-state index contributed by atoms with van der Waals surface area (Å²) in [4.78, 5) is 32.5.